The highest BCUT2D eigenvalue weighted by Gasteiger charge is 2.11. The van der Waals surface area contributed by atoms with Crippen molar-refractivity contribution < 1.29 is 14.4 Å². The molecule has 0 saturated heterocycles. The number of hydrogen-bond acceptors (Lipinski definition) is 5. The third-order valence-electron chi connectivity index (χ3n) is 2.28. The molecule has 6 nitrogen and oxygen atoms in total. The van der Waals surface area contributed by atoms with Crippen molar-refractivity contribution in [1.82, 2.24) is 10.1 Å². The Balaban J connectivity index is 2.47. The lowest BCUT2D eigenvalue weighted by Gasteiger charge is -2.14. The first kappa shape index (κ1) is 12.5. The van der Waals surface area contributed by atoms with E-state index in [0.717, 1.165) is 13.1 Å². The van der Waals surface area contributed by atoms with Gasteiger partial charge in [-0.25, -0.2) is 0 Å². The van der Waals surface area contributed by atoms with Crippen LogP contribution in [0.4, 0.5) is 5.95 Å². The third kappa shape index (κ3) is 3.52. The summed E-state index contributed by atoms with van der Waals surface area (Å²) in [6, 6.07) is 0. The van der Waals surface area contributed by atoms with E-state index in [1.807, 2.05) is 18.7 Å². The zero-order chi connectivity index (χ0) is 12.0. The molecule has 1 rings (SSSR count). The van der Waals surface area contributed by atoms with Crippen LogP contribution in [-0.2, 0) is 11.2 Å². The van der Waals surface area contributed by atoms with Crippen LogP contribution >= 0.6 is 0 Å². The SMILES string of the molecule is CCN(CC)c1noc(CCCC(=O)O)n1. The topological polar surface area (TPSA) is 79.5 Å². The standard InChI is InChI=1S/C10H17N3O3/c1-3-13(4-2)10-11-8(16-12-10)6-5-7-9(14)15/h3-7H2,1-2H3,(H,14,15). The highest BCUT2D eigenvalue weighted by Crippen LogP contribution is 2.10. The molecule has 0 aliphatic carbocycles. The lowest BCUT2D eigenvalue weighted by Crippen LogP contribution is -2.22. The van der Waals surface area contributed by atoms with E-state index < -0.39 is 5.97 Å². The van der Waals surface area contributed by atoms with Gasteiger partial charge in [0.2, 0.25) is 5.89 Å². The minimum Gasteiger partial charge on any atom is -0.481 e. The van der Waals surface area contributed by atoms with Gasteiger partial charge in [-0.05, 0) is 25.4 Å². The summed E-state index contributed by atoms with van der Waals surface area (Å²) in [5, 5.41) is 12.3. The first-order valence-corrected chi connectivity index (χ1v) is 5.46. The van der Waals surface area contributed by atoms with Crippen LogP contribution in [0.2, 0.25) is 0 Å². The summed E-state index contributed by atoms with van der Waals surface area (Å²) >= 11 is 0. The van der Waals surface area contributed by atoms with E-state index in [9.17, 15) is 4.79 Å². The Morgan fingerprint density at radius 2 is 2.12 bits per heavy atom. The molecule has 0 amide bonds. The number of carboxylic acid groups (broad SMARTS) is 1. The van der Waals surface area contributed by atoms with Crippen LogP contribution in [0.25, 0.3) is 0 Å². The molecule has 90 valence electrons. The Morgan fingerprint density at radius 3 is 2.69 bits per heavy atom. The summed E-state index contributed by atoms with van der Waals surface area (Å²) < 4.78 is 5.04. The van der Waals surface area contributed by atoms with E-state index >= 15 is 0 Å². The molecule has 0 aliphatic rings. The molecule has 0 bridgehead atoms. The monoisotopic (exact) mass is 227 g/mol. The van der Waals surface area contributed by atoms with Gasteiger partial charge in [-0.3, -0.25) is 4.79 Å². The Kier molecular flexibility index (Phi) is 4.75. The first-order chi connectivity index (χ1) is 7.67. The van der Waals surface area contributed by atoms with Gasteiger partial charge in [0.1, 0.15) is 0 Å². The molecular weight excluding hydrogens is 210 g/mol. The van der Waals surface area contributed by atoms with Crippen LogP contribution in [0.3, 0.4) is 0 Å². The van der Waals surface area contributed by atoms with Crippen LogP contribution < -0.4 is 4.90 Å². The van der Waals surface area contributed by atoms with E-state index in [-0.39, 0.29) is 6.42 Å². The van der Waals surface area contributed by atoms with Gasteiger partial charge in [-0.1, -0.05) is 0 Å². The number of aryl methyl sites for hydroxylation is 1. The predicted molar refractivity (Wildman–Crippen MR) is 58.4 cm³/mol. The maximum Gasteiger partial charge on any atom is 0.303 e. The minimum absolute atomic E-state index is 0.128. The van der Waals surface area contributed by atoms with E-state index in [4.69, 9.17) is 9.63 Å². The van der Waals surface area contributed by atoms with Crippen molar-refractivity contribution in [2.45, 2.75) is 33.1 Å². The van der Waals surface area contributed by atoms with E-state index in [2.05, 4.69) is 10.1 Å². The fraction of sp³-hybridized carbons (Fsp3) is 0.700. The third-order valence-corrected chi connectivity index (χ3v) is 2.28. The Hall–Kier alpha value is -1.59. The lowest BCUT2D eigenvalue weighted by molar-refractivity contribution is -0.137. The smallest absolute Gasteiger partial charge is 0.303 e. The number of aromatic nitrogens is 2. The van der Waals surface area contributed by atoms with Gasteiger partial charge >= 0.3 is 5.97 Å². The van der Waals surface area contributed by atoms with Gasteiger partial charge in [0.05, 0.1) is 0 Å². The number of anilines is 1. The van der Waals surface area contributed by atoms with Crippen LogP contribution in [0.1, 0.15) is 32.6 Å². The van der Waals surface area contributed by atoms with Crippen molar-refractivity contribution in [1.29, 1.82) is 0 Å². The zero-order valence-corrected chi connectivity index (χ0v) is 9.64. The Bertz CT molecular complexity index is 334. The van der Waals surface area contributed by atoms with Crippen molar-refractivity contribution >= 4 is 11.9 Å². The molecule has 0 fully saturated rings. The number of rotatable bonds is 7. The second-order valence-corrected chi connectivity index (χ2v) is 3.41. The predicted octanol–water partition coefficient (Wildman–Crippen LogP) is 1.32. The molecule has 0 saturated carbocycles. The molecular formula is C10H17N3O3. The normalized spacial score (nSPS) is 10.4. The largest absolute Gasteiger partial charge is 0.481 e. The molecule has 0 spiro atoms. The Morgan fingerprint density at radius 1 is 1.44 bits per heavy atom. The molecule has 1 N–H and O–H groups in total. The van der Waals surface area contributed by atoms with Gasteiger partial charge in [0, 0.05) is 25.9 Å². The van der Waals surface area contributed by atoms with Crippen molar-refractivity contribution in [3.8, 4) is 0 Å². The van der Waals surface area contributed by atoms with Gasteiger partial charge in [0.15, 0.2) is 0 Å². The first-order valence-electron chi connectivity index (χ1n) is 5.46. The number of carboxylic acids is 1. The second kappa shape index (κ2) is 6.09. The Labute approximate surface area is 94.3 Å². The summed E-state index contributed by atoms with van der Waals surface area (Å²) in [5.74, 6) is 0.280. The highest BCUT2D eigenvalue weighted by atomic mass is 16.5. The van der Waals surface area contributed by atoms with Crippen molar-refractivity contribution in [3.05, 3.63) is 5.89 Å². The van der Waals surface area contributed by atoms with Crippen molar-refractivity contribution in [2.75, 3.05) is 18.0 Å². The van der Waals surface area contributed by atoms with Crippen molar-refractivity contribution in [3.63, 3.8) is 0 Å². The maximum atomic E-state index is 10.3. The molecule has 0 radical (unpaired) electrons. The van der Waals surface area contributed by atoms with Crippen LogP contribution in [0, 0.1) is 0 Å². The van der Waals surface area contributed by atoms with E-state index in [1.54, 1.807) is 0 Å². The summed E-state index contributed by atoms with van der Waals surface area (Å²) in [6.07, 6.45) is 1.17. The van der Waals surface area contributed by atoms with Crippen LogP contribution in [0.5, 0.6) is 0 Å². The summed E-state index contributed by atoms with van der Waals surface area (Å²) in [5.41, 5.74) is 0. The molecule has 0 atom stereocenters. The van der Waals surface area contributed by atoms with Crippen molar-refractivity contribution in [2.24, 2.45) is 0 Å². The number of carbonyl (C=O) groups is 1. The second-order valence-electron chi connectivity index (χ2n) is 3.41. The van der Waals surface area contributed by atoms with Gasteiger partial charge in [-0.2, -0.15) is 4.98 Å². The fourth-order valence-electron chi connectivity index (χ4n) is 1.37. The quantitative estimate of drug-likeness (QED) is 0.756. The summed E-state index contributed by atoms with van der Waals surface area (Å²) in [7, 11) is 0. The number of nitrogens with zero attached hydrogens (tertiary/aromatic N) is 3. The summed E-state index contributed by atoms with van der Waals surface area (Å²) in [6.45, 7) is 5.68. The molecule has 0 unspecified atom stereocenters. The van der Waals surface area contributed by atoms with Gasteiger partial charge < -0.3 is 14.5 Å². The number of aliphatic carboxylic acids is 1. The minimum atomic E-state index is -0.802. The lowest BCUT2D eigenvalue weighted by atomic mass is 10.2. The molecule has 1 heterocycles. The van der Waals surface area contributed by atoms with Crippen LogP contribution in [0.15, 0.2) is 4.52 Å². The fourth-order valence-corrected chi connectivity index (χ4v) is 1.37. The van der Waals surface area contributed by atoms with Gasteiger partial charge in [-0.15, -0.1) is 0 Å². The van der Waals surface area contributed by atoms with E-state index in [0.29, 0.717) is 24.7 Å². The zero-order valence-electron chi connectivity index (χ0n) is 9.64. The van der Waals surface area contributed by atoms with Crippen LogP contribution in [-0.4, -0.2) is 34.3 Å². The maximum absolute atomic E-state index is 10.3. The number of hydrogen-bond donors (Lipinski definition) is 1. The molecule has 6 heteroatoms. The average Bonchev–Trinajstić information content (AvgIpc) is 2.68. The summed E-state index contributed by atoms with van der Waals surface area (Å²) in [4.78, 5) is 16.5. The molecule has 16 heavy (non-hydrogen) atoms. The molecule has 1 aromatic rings. The molecule has 1 aromatic heterocycles. The highest BCUT2D eigenvalue weighted by molar-refractivity contribution is 5.66. The molecule has 0 aliphatic heterocycles. The van der Waals surface area contributed by atoms with E-state index in [1.165, 1.54) is 0 Å². The van der Waals surface area contributed by atoms with Gasteiger partial charge in [0.25, 0.3) is 5.95 Å². The average molecular weight is 227 g/mol. The molecule has 0 aromatic carbocycles.